The molecule has 0 fully saturated rings. The van der Waals surface area contributed by atoms with Crippen molar-refractivity contribution in [1.29, 1.82) is 0 Å². The lowest BCUT2D eigenvalue weighted by atomic mass is 10.0. The average molecular weight is 326 g/mol. The molecule has 0 amide bonds. The molecule has 0 saturated heterocycles. The molecule has 1 aliphatic carbocycles. The first kappa shape index (κ1) is 14.4. The van der Waals surface area contributed by atoms with Crippen LogP contribution in [-0.4, -0.2) is 12.6 Å². The minimum absolute atomic E-state index is 0.0541. The Hall–Kier alpha value is -1.00. The molecule has 4 heteroatoms. The van der Waals surface area contributed by atoms with Gasteiger partial charge in [-0.05, 0) is 46.8 Å². The van der Waals surface area contributed by atoms with Gasteiger partial charge in [0, 0.05) is 11.6 Å². The zero-order chi connectivity index (χ0) is 13.8. The third-order valence-corrected chi connectivity index (χ3v) is 3.39. The number of fused-ring (bicyclic) bond motifs is 1. The van der Waals surface area contributed by atoms with E-state index in [2.05, 4.69) is 35.9 Å². The Morgan fingerprint density at radius 2 is 2.21 bits per heavy atom. The van der Waals surface area contributed by atoms with E-state index in [-0.39, 0.29) is 6.04 Å². The Morgan fingerprint density at radius 3 is 2.95 bits per heavy atom. The van der Waals surface area contributed by atoms with Gasteiger partial charge in [0.15, 0.2) is 16.2 Å². The number of nitrogens with two attached hydrogens (primary N) is 1. The van der Waals surface area contributed by atoms with Crippen LogP contribution in [0.25, 0.3) is 0 Å². The van der Waals surface area contributed by atoms with Crippen LogP contribution in [0.5, 0.6) is 0 Å². The van der Waals surface area contributed by atoms with Crippen LogP contribution in [-0.2, 0) is 9.47 Å². The lowest BCUT2D eigenvalue weighted by Gasteiger charge is -2.23. The molecule has 1 aliphatic heterocycles. The van der Waals surface area contributed by atoms with Crippen LogP contribution >= 0.6 is 15.9 Å². The molecule has 0 aromatic heterocycles. The summed E-state index contributed by atoms with van der Waals surface area (Å²) in [6.07, 6.45) is 9.82. The molecule has 0 aromatic carbocycles. The smallest absolute Gasteiger partial charge is 0.173 e. The topological polar surface area (TPSA) is 44.5 Å². The van der Waals surface area contributed by atoms with Crippen molar-refractivity contribution in [3.63, 3.8) is 0 Å². The molecule has 2 rings (SSSR count). The SMILES string of the molecule is CC(C)C[C@H](N)COC1=C2OC(Br)=CC=C2CC=C1. The highest BCUT2D eigenvalue weighted by molar-refractivity contribution is 9.11. The van der Waals surface area contributed by atoms with E-state index in [4.69, 9.17) is 15.2 Å². The maximum absolute atomic E-state index is 6.04. The molecule has 2 N–H and O–H groups in total. The molecule has 104 valence electrons. The number of halogens is 1. The molecule has 0 spiro atoms. The number of ether oxygens (including phenoxy) is 2. The molecule has 0 saturated carbocycles. The zero-order valence-electron chi connectivity index (χ0n) is 11.4. The van der Waals surface area contributed by atoms with E-state index >= 15 is 0 Å². The van der Waals surface area contributed by atoms with E-state index in [9.17, 15) is 0 Å². The van der Waals surface area contributed by atoms with E-state index in [1.54, 1.807) is 0 Å². The first-order valence-corrected chi connectivity index (χ1v) is 7.39. The van der Waals surface area contributed by atoms with Gasteiger partial charge in [0.1, 0.15) is 6.61 Å². The fraction of sp³-hybridized carbons (Fsp3) is 0.467. The summed E-state index contributed by atoms with van der Waals surface area (Å²) in [4.78, 5) is 0. The van der Waals surface area contributed by atoms with Gasteiger partial charge in [-0.15, -0.1) is 0 Å². The Labute approximate surface area is 123 Å². The van der Waals surface area contributed by atoms with Crippen molar-refractivity contribution in [3.05, 3.63) is 46.1 Å². The van der Waals surface area contributed by atoms with Gasteiger partial charge in [-0.3, -0.25) is 0 Å². The highest BCUT2D eigenvalue weighted by Crippen LogP contribution is 2.33. The second kappa shape index (κ2) is 6.44. The van der Waals surface area contributed by atoms with Crippen LogP contribution in [0.15, 0.2) is 46.1 Å². The summed E-state index contributed by atoms with van der Waals surface area (Å²) in [5.41, 5.74) is 7.18. The van der Waals surface area contributed by atoms with Gasteiger partial charge >= 0.3 is 0 Å². The molecule has 0 radical (unpaired) electrons. The fourth-order valence-electron chi connectivity index (χ4n) is 2.16. The average Bonchev–Trinajstić information content (AvgIpc) is 2.35. The number of hydrogen-bond acceptors (Lipinski definition) is 3. The standard InChI is InChI=1S/C15H20BrNO2/c1-10(2)8-12(17)9-18-13-5-3-4-11-6-7-14(16)19-15(11)13/h3,5-7,10,12H,4,8-9,17H2,1-2H3/t12-/m0/s1. The third kappa shape index (κ3) is 3.98. The molecule has 0 bridgehead atoms. The van der Waals surface area contributed by atoms with Gasteiger partial charge < -0.3 is 15.2 Å². The van der Waals surface area contributed by atoms with Gasteiger partial charge in [-0.1, -0.05) is 26.0 Å². The van der Waals surface area contributed by atoms with Crippen LogP contribution in [0, 0.1) is 5.92 Å². The van der Waals surface area contributed by atoms with Crippen molar-refractivity contribution in [2.24, 2.45) is 11.7 Å². The van der Waals surface area contributed by atoms with E-state index in [0.29, 0.717) is 17.2 Å². The Kier molecular flexibility index (Phi) is 4.88. The van der Waals surface area contributed by atoms with Gasteiger partial charge in [-0.2, -0.15) is 0 Å². The normalized spacial score (nSPS) is 19.6. The van der Waals surface area contributed by atoms with Crippen molar-refractivity contribution >= 4 is 15.9 Å². The Bertz CT molecular complexity index is 461. The van der Waals surface area contributed by atoms with Crippen molar-refractivity contribution in [1.82, 2.24) is 0 Å². The molecule has 0 aromatic rings. The first-order chi connectivity index (χ1) is 9.06. The minimum atomic E-state index is 0.0541. The first-order valence-electron chi connectivity index (χ1n) is 6.60. The number of allylic oxidation sites excluding steroid dienone is 5. The van der Waals surface area contributed by atoms with Crippen molar-refractivity contribution in [2.75, 3.05) is 6.61 Å². The van der Waals surface area contributed by atoms with Crippen molar-refractivity contribution in [3.8, 4) is 0 Å². The Balaban J connectivity index is 2.01. The summed E-state index contributed by atoms with van der Waals surface area (Å²) in [6.45, 7) is 4.84. The summed E-state index contributed by atoms with van der Waals surface area (Å²) in [5, 5.41) is 0. The monoisotopic (exact) mass is 325 g/mol. The Morgan fingerprint density at radius 1 is 1.42 bits per heavy atom. The minimum Gasteiger partial charge on any atom is -0.488 e. The molecule has 0 unspecified atom stereocenters. The highest BCUT2D eigenvalue weighted by Gasteiger charge is 2.20. The predicted octanol–water partition coefficient (Wildman–Crippen LogP) is 3.74. The summed E-state index contributed by atoms with van der Waals surface area (Å²) in [6, 6.07) is 0.0541. The zero-order valence-corrected chi connectivity index (χ0v) is 12.9. The molecule has 1 atom stereocenters. The number of rotatable bonds is 5. The quantitative estimate of drug-likeness (QED) is 0.837. The highest BCUT2D eigenvalue weighted by atomic mass is 79.9. The molecular formula is C15H20BrNO2. The second-order valence-corrected chi connectivity index (χ2v) is 6.05. The third-order valence-electron chi connectivity index (χ3n) is 2.96. The van der Waals surface area contributed by atoms with Crippen LogP contribution in [0.3, 0.4) is 0 Å². The van der Waals surface area contributed by atoms with Crippen LogP contribution in [0.1, 0.15) is 26.7 Å². The largest absolute Gasteiger partial charge is 0.488 e. The fourth-order valence-corrected chi connectivity index (χ4v) is 2.45. The summed E-state index contributed by atoms with van der Waals surface area (Å²) in [7, 11) is 0. The van der Waals surface area contributed by atoms with E-state index in [0.717, 1.165) is 29.9 Å². The predicted molar refractivity (Wildman–Crippen MR) is 80.3 cm³/mol. The lowest BCUT2D eigenvalue weighted by Crippen LogP contribution is -2.28. The molecular weight excluding hydrogens is 306 g/mol. The van der Waals surface area contributed by atoms with Crippen molar-refractivity contribution < 1.29 is 9.47 Å². The lowest BCUT2D eigenvalue weighted by molar-refractivity contribution is 0.174. The molecule has 2 aliphatic rings. The van der Waals surface area contributed by atoms with E-state index in [1.165, 1.54) is 0 Å². The van der Waals surface area contributed by atoms with Crippen LogP contribution < -0.4 is 5.73 Å². The van der Waals surface area contributed by atoms with E-state index < -0.39 is 0 Å². The van der Waals surface area contributed by atoms with Gasteiger partial charge in [-0.25, -0.2) is 0 Å². The van der Waals surface area contributed by atoms with Gasteiger partial charge in [0.2, 0.25) is 0 Å². The molecule has 19 heavy (non-hydrogen) atoms. The number of hydrogen-bond donors (Lipinski definition) is 1. The van der Waals surface area contributed by atoms with Crippen LogP contribution in [0.2, 0.25) is 0 Å². The maximum atomic E-state index is 6.04. The van der Waals surface area contributed by atoms with E-state index in [1.807, 2.05) is 18.2 Å². The maximum Gasteiger partial charge on any atom is 0.173 e. The summed E-state index contributed by atoms with van der Waals surface area (Å²) >= 11 is 3.35. The second-order valence-electron chi connectivity index (χ2n) is 5.27. The molecule has 1 heterocycles. The van der Waals surface area contributed by atoms with Gasteiger partial charge in [0.05, 0.1) is 0 Å². The van der Waals surface area contributed by atoms with Crippen LogP contribution in [0.4, 0.5) is 0 Å². The molecule has 3 nitrogen and oxygen atoms in total. The summed E-state index contributed by atoms with van der Waals surface area (Å²) < 4.78 is 12.2. The van der Waals surface area contributed by atoms with Crippen molar-refractivity contribution in [2.45, 2.75) is 32.7 Å². The summed E-state index contributed by atoms with van der Waals surface area (Å²) in [5.74, 6) is 2.15. The van der Waals surface area contributed by atoms with Gasteiger partial charge in [0.25, 0.3) is 0 Å².